The standard InChI is InChI=1S/C19H15ClN2O6/c20-13-4-2-1-3-12(13)18(25)22-14(19(26)21-9-17(23)24)7-11-5-6-15-16(8-11)28-10-27-15/h1-8H,9-10H2,(H,21,26)(H,22,25)(H,23,24)/b14-7-. The van der Waals surface area contributed by atoms with Gasteiger partial charge in [0.1, 0.15) is 12.2 Å². The number of amides is 2. The van der Waals surface area contributed by atoms with Crippen molar-refractivity contribution < 1.29 is 29.0 Å². The SMILES string of the molecule is O=C(O)CNC(=O)/C(=C/c1ccc2c(c1)OCO2)NC(=O)c1ccccc1Cl. The van der Waals surface area contributed by atoms with E-state index >= 15 is 0 Å². The van der Waals surface area contributed by atoms with Gasteiger partial charge in [0.2, 0.25) is 6.79 Å². The van der Waals surface area contributed by atoms with Crippen LogP contribution in [0.4, 0.5) is 0 Å². The van der Waals surface area contributed by atoms with E-state index in [9.17, 15) is 14.4 Å². The van der Waals surface area contributed by atoms with Gasteiger partial charge in [-0.05, 0) is 35.9 Å². The zero-order valence-electron chi connectivity index (χ0n) is 14.4. The van der Waals surface area contributed by atoms with Gasteiger partial charge in [-0.2, -0.15) is 0 Å². The lowest BCUT2D eigenvalue weighted by atomic mass is 10.1. The highest BCUT2D eigenvalue weighted by Gasteiger charge is 2.18. The lowest BCUT2D eigenvalue weighted by Gasteiger charge is -2.11. The summed E-state index contributed by atoms with van der Waals surface area (Å²) in [4.78, 5) is 35.6. The van der Waals surface area contributed by atoms with Gasteiger partial charge in [0.05, 0.1) is 10.6 Å². The zero-order chi connectivity index (χ0) is 20.1. The van der Waals surface area contributed by atoms with Crippen molar-refractivity contribution in [3.05, 3.63) is 64.3 Å². The van der Waals surface area contributed by atoms with E-state index in [1.165, 1.54) is 12.1 Å². The van der Waals surface area contributed by atoms with Gasteiger partial charge in [-0.1, -0.05) is 29.8 Å². The maximum absolute atomic E-state index is 12.5. The third-order valence-corrected chi connectivity index (χ3v) is 4.05. The molecule has 0 aromatic heterocycles. The van der Waals surface area contributed by atoms with Crippen LogP contribution < -0.4 is 20.1 Å². The van der Waals surface area contributed by atoms with Crippen LogP contribution in [0, 0.1) is 0 Å². The molecule has 0 saturated carbocycles. The van der Waals surface area contributed by atoms with Crippen LogP contribution in [0.5, 0.6) is 11.5 Å². The lowest BCUT2D eigenvalue weighted by Crippen LogP contribution is -2.37. The molecule has 1 aliphatic rings. The van der Waals surface area contributed by atoms with Crippen molar-refractivity contribution in [3.8, 4) is 11.5 Å². The number of hydrogen-bond donors (Lipinski definition) is 3. The molecule has 0 fully saturated rings. The van der Waals surface area contributed by atoms with Crippen LogP contribution in [0.15, 0.2) is 48.2 Å². The van der Waals surface area contributed by atoms with Crippen molar-refractivity contribution in [2.45, 2.75) is 0 Å². The van der Waals surface area contributed by atoms with Gasteiger partial charge in [-0.3, -0.25) is 14.4 Å². The van der Waals surface area contributed by atoms with Crippen molar-refractivity contribution in [2.75, 3.05) is 13.3 Å². The maximum Gasteiger partial charge on any atom is 0.322 e. The highest BCUT2D eigenvalue weighted by Crippen LogP contribution is 2.33. The molecule has 3 rings (SSSR count). The smallest absolute Gasteiger partial charge is 0.322 e. The molecule has 3 N–H and O–H groups in total. The van der Waals surface area contributed by atoms with Crippen molar-refractivity contribution >= 4 is 35.5 Å². The Labute approximate surface area is 164 Å². The fourth-order valence-corrected chi connectivity index (χ4v) is 2.64. The van der Waals surface area contributed by atoms with Gasteiger partial charge in [0, 0.05) is 0 Å². The summed E-state index contributed by atoms with van der Waals surface area (Å²) in [7, 11) is 0. The number of rotatable bonds is 6. The highest BCUT2D eigenvalue weighted by molar-refractivity contribution is 6.34. The third-order valence-electron chi connectivity index (χ3n) is 3.72. The van der Waals surface area contributed by atoms with Crippen LogP contribution in [0.1, 0.15) is 15.9 Å². The largest absolute Gasteiger partial charge is 0.480 e. The first-order valence-corrected chi connectivity index (χ1v) is 8.49. The Morgan fingerprint density at radius 3 is 2.61 bits per heavy atom. The fourth-order valence-electron chi connectivity index (χ4n) is 2.41. The Kier molecular flexibility index (Phi) is 5.81. The number of carboxylic acid groups (broad SMARTS) is 1. The monoisotopic (exact) mass is 402 g/mol. The van der Waals surface area contributed by atoms with Crippen LogP contribution in [-0.2, 0) is 9.59 Å². The molecule has 0 saturated heterocycles. The van der Waals surface area contributed by atoms with E-state index in [0.29, 0.717) is 17.1 Å². The van der Waals surface area contributed by atoms with Gasteiger partial charge in [-0.25, -0.2) is 0 Å². The molecule has 1 heterocycles. The zero-order valence-corrected chi connectivity index (χ0v) is 15.2. The van der Waals surface area contributed by atoms with E-state index in [1.807, 2.05) is 0 Å². The minimum atomic E-state index is -1.21. The Morgan fingerprint density at radius 1 is 1.11 bits per heavy atom. The van der Waals surface area contributed by atoms with Crippen molar-refractivity contribution in [1.82, 2.24) is 10.6 Å². The van der Waals surface area contributed by atoms with Gasteiger partial charge < -0.3 is 25.2 Å². The van der Waals surface area contributed by atoms with Gasteiger partial charge in [0.25, 0.3) is 11.8 Å². The second-order valence-electron chi connectivity index (χ2n) is 5.68. The maximum atomic E-state index is 12.5. The quantitative estimate of drug-likeness (QED) is 0.637. The predicted octanol–water partition coefficient (Wildman–Crippen LogP) is 2.04. The average molecular weight is 403 g/mol. The molecule has 2 aromatic carbocycles. The Balaban J connectivity index is 1.88. The van der Waals surface area contributed by atoms with E-state index < -0.39 is 24.3 Å². The number of fused-ring (bicyclic) bond motifs is 1. The summed E-state index contributed by atoms with van der Waals surface area (Å²) >= 11 is 6.02. The minimum absolute atomic E-state index is 0.0949. The number of nitrogens with one attached hydrogen (secondary N) is 2. The minimum Gasteiger partial charge on any atom is -0.480 e. The normalized spacial score (nSPS) is 12.4. The van der Waals surface area contributed by atoms with E-state index in [0.717, 1.165) is 0 Å². The summed E-state index contributed by atoms with van der Waals surface area (Å²) in [6, 6.07) is 11.3. The molecule has 0 unspecified atom stereocenters. The molecule has 0 spiro atoms. The number of aliphatic carboxylic acids is 1. The van der Waals surface area contributed by atoms with Crippen LogP contribution in [0.2, 0.25) is 5.02 Å². The van der Waals surface area contributed by atoms with Crippen LogP contribution >= 0.6 is 11.6 Å². The first kappa shape index (κ1) is 19.2. The second kappa shape index (κ2) is 8.45. The Hall–Kier alpha value is -3.52. The number of ether oxygens (including phenoxy) is 2. The van der Waals surface area contributed by atoms with E-state index in [-0.39, 0.29) is 23.1 Å². The summed E-state index contributed by atoms with van der Waals surface area (Å²) in [5.74, 6) is -1.53. The van der Waals surface area contributed by atoms with Crippen LogP contribution in [-0.4, -0.2) is 36.2 Å². The van der Waals surface area contributed by atoms with Crippen LogP contribution in [0.3, 0.4) is 0 Å². The average Bonchev–Trinajstić information content (AvgIpc) is 3.13. The molecule has 0 aliphatic carbocycles. The second-order valence-corrected chi connectivity index (χ2v) is 6.09. The van der Waals surface area contributed by atoms with Gasteiger partial charge >= 0.3 is 5.97 Å². The van der Waals surface area contributed by atoms with E-state index in [1.54, 1.807) is 36.4 Å². The first-order chi connectivity index (χ1) is 13.4. The molecule has 144 valence electrons. The van der Waals surface area contributed by atoms with Crippen molar-refractivity contribution in [3.63, 3.8) is 0 Å². The molecule has 9 heteroatoms. The summed E-state index contributed by atoms with van der Waals surface area (Å²) in [5.41, 5.74) is 0.570. The molecular weight excluding hydrogens is 388 g/mol. The summed E-state index contributed by atoms with van der Waals surface area (Å²) < 4.78 is 10.5. The highest BCUT2D eigenvalue weighted by atomic mass is 35.5. The molecule has 2 aromatic rings. The number of hydrogen-bond acceptors (Lipinski definition) is 5. The first-order valence-electron chi connectivity index (χ1n) is 8.11. The molecule has 2 amide bonds. The van der Waals surface area contributed by atoms with Gasteiger partial charge in [0.15, 0.2) is 11.5 Å². The van der Waals surface area contributed by atoms with E-state index in [4.69, 9.17) is 26.2 Å². The summed E-state index contributed by atoms with van der Waals surface area (Å²) in [6.07, 6.45) is 1.40. The number of carbonyl (C=O) groups excluding carboxylic acids is 2. The summed E-state index contributed by atoms with van der Waals surface area (Å²) in [5, 5.41) is 13.7. The third kappa shape index (κ3) is 4.60. The molecular formula is C19H15ClN2O6. The number of halogens is 1. The Morgan fingerprint density at radius 2 is 1.86 bits per heavy atom. The van der Waals surface area contributed by atoms with Crippen molar-refractivity contribution in [1.29, 1.82) is 0 Å². The topological polar surface area (TPSA) is 114 Å². The molecule has 0 bridgehead atoms. The molecule has 28 heavy (non-hydrogen) atoms. The number of benzene rings is 2. The number of carboxylic acids is 1. The van der Waals surface area contributed by atoms with Gasteiger partial charge in [-0.15, -0.1) is 0 Å². The fraction of sp³-hybridized carbons (Fsp3) is 0.105. The van der Waals surface area contributed by atoms with Crippen LogP contribution in [0.25, 0.3) is 6.08 Å². The van der Waals surface area contributed by atoms with Crippen molar-refractivity contribution in [2.24, 2.45) is 0 Å². The molecule has 8 nitrogen and oxygen atoms in total. The summed E-state index contributed by atoms with van der Waals surface area (Å²) in [6.45, 7) is -0.503. The predicted molar refractivity (Wildman–Crippen MR) is 100 cm³/mol. The molecule has 1 aliphatic heterocycles. The lowest BCUT2D eigenvalue weighted by molar-refractivity contribution is -0.137. The van der Waals surface area contributed by atoms with E-state index in [2.05, 4.69) is 10.6 Å². The molecule has 0 atom stereocenters. The Bertz CT molecular complexity index is 973. The molecule has 0 radical (unpaired) electrons. The number of carbonyl (C=O) groups is 3.